The maximum absolute atomic E-state index is 11.9. The summed E-state index contributed by atoms with van der Waals surface area (Å²) in [4.78, 5) is 13.4. The Balaban J connectivity index is 2.23. The molecule has 0 aliphatic rings. The van der Waals surface area contributed by atoms with E-state index in [9.17, 15) is 9.90 Å². The van der Waals surface area contributed by atoms with Gasteiger partial charge in [0.1, 0.15) is 0 Å². The first-order valence-electron chi connectivity index (χ1n) is 6.82. The van der Waals surface area contributed by atoms with Crippen molar-refractivity contribution in [1.82, 2.24) is 4.90 Å². The van der Waals surface area contributed by atoms with Crippen LogP contribution in [0, 0.1) is 0 Å². The Morgan fingerprint density at radius 2 is 1.81 bits per heavy atom. The number of benzene rings is 2. The van der Waals surface area contributed by atoms with Gasteiger partial charge in [0.25, 0.3) is 5.91 Å². The SMILES string of the molecule is CCN(C)C(=O)C(O)c1ccc(-c2ccccc2Cl)cc1. The zero-order valence-electron chi connectivity index (χ0n) is 12.1. The minimum Gasteiger partial charge on any atom is -0.378 e. The number of carbonyl (C=O) groups excluding carboxylic acids is 1. The third-order valence-electron chi connectivity index (χ3n) is 3.50. The summed E-state index contributed by atoms with van der Waals surface area (Å²) in [7, 11) is 1.67. The quantitative estimate of drug-likeness (QED) is 0.939. The van der Waals surface area contributed by atoms with E-state index in [0.29, 0.717) is 17.1 Å². The lowest BCUT2D eigenvalue weighted by atomic mass is 10.0. The summed E-state index contributed by atoms with van der Waals surface area (Å²) in [6.07, 6.45) is -1.13. The highest BCUT2D eigenvalue weighted by Crippen LogP contribution is 2.28. The van der Waals surface area contributed by atoms with E-state index >= 15 is 0 Å². The fourth-order valence-electron chi connectivity index (χ4n) is 2.05. The molecule has 4 heteroatoms. The molecule has 0 spiro atoms. The lowest BCUT2D eigenvalue weighted by molar-refractivity contribution is -0.138. The van der Waals surface area contributed by atoms with E-state index < -0.39 is 6.10 Å². The predicted molar refractivity (Wildman–Crippen MR) is 85.2 cm³/mol. The normalized spacial score (nSPS) is 12.0. The summed E-state index contributed by atoms with van der Waals surface area (Å²) < 4.78 is 0. The first-order chi connectivity index (χ1) is 10.0. The van der Waals surface area contributed by atoms with Gasteiger partial charge in [0, 0.05) is 24.2 Å². The van der Waals surface area contributed by atoms with Gasteiger partial charge in [-0.25, -0.2) is 0 Å². The van der Waals surface area contributed by atoms with Crippen LogP contribution in [-0.2, 0) is 4.79 Å². The number of hydrogen-bond acceptors (Lipinski definition) is 2. The molecule has 2 aromatic carbocycles. The van der Waals surface area contributed by atoms with Crippen molar-refractivity contribution in [3.63, 3.8) is 0 Å². The van der Waals surface area contributed by atoms with Gasteiger partial charge in [0.15, 0.2) is 6.10 Å². The van der Waals surface area contributed by atoms with Crippen LogP contribution in [-0.4, -0.2) is 29.5 Å². The molecular weight excluding hydrogens is 286 g/mol. The first kappa shape index (κ1) is 15.5. The summed E-state index contributed by atoms with van der Waals surface area (Å²) in [6, 6.07) is 14.8. The molecule has 0 fully saturated rings. The number of hydrogen-bond donors (Lipinski definition) is 1. The summed E-state index contributed by atoms with van der Waals surface area (Å²) in [6.45, 7) is 2.43. The van der Waals surface area contributed by atoms with Crippen LogP contribution in [0.2, 0.25) is 5.02 Å². The number of aliphatic hydroxyl groups excluding tert-OH is 1. The van der Waals surface area contributed by atoms with Crippen LogP contribution in [0.25, 0.3) is 11.1 Å². The van der Waals surface area contributed by atoms with Crippen LogP contribution in [0.3, 0.4) is 0 Å². The second kappa shape index (κ2) is 6.74. The molecule has 0 saturated carbocycles. The highest BCUT2D eigenvalue weighted by atomic mass is 35.5. The van der Waals surface area contributed by atoms with Gasteiger partial charge < -0.3 is 10.0 Å². The Morgan fingerprint density at radius 1 is 1.19 bits per heavy atom. The lowest BCUT2D eigenvalue weighted by Crippen LogP contribution is -2.31. The molecule has 0 aromatic heterocycles. The average Bonchev–Trinajstić information content (AvgIpc) is 2.53. The topological polar surface area (TPSA) is 40.5 Å². The van der Waals surface area contributed by atoms with Crippen LogP contribution in [0.15, 0.2) is 48.5 Å². The van der Waals surface area contributed by atoms with Gasteiger partial charge in [0.2, 0.25) is 0 Å². The van der Waals surface area contributed by atoms with Crippen molar-refractivity contribution in [3.05, 3.63) is 59.1 Å². The number of aliphatic hydroxyl groups is 1. The molecule has 1 atom stereocenters. The van der Waals surface area contributed by atoms with Crippen LogP contribution in [0.4, 0.5) is 0 Å². The van der Waals surface area contributed by atoms with E-state index in [-0.39, 0.29) is 5.91 Å². The largest absolute Gasteiger partial charge is 0.378 e. The van der Waals surface area contributed by atoms with E-state index in [0.717, 1.165) is 11.1 Å². The van der Waals surface area contributed by atoms with E-state index in [2.05, 4.69) is 0 Å². The molecule has 2 aromatic rings. The van der Waals surface area contributed by atoms with Gasteiger partial charge in [-0.15, -0.1) is 0 Å². The number of amides is 1. The molecule has 0 aliphatic heterocycles. The van der Waals surface area contributed by atoms with E-state index in [1.165, 1.54) is 4.90 Å². The second-order valence-corrected chi connectivity index (χ2v) is 5.26. The second-order valence-electron chi connectivity index (χ2n) is 4.86. The maximum atomic E-state index is 11.9. The van der Waals surface area contributed by atoms with Crippen molar-refractivity contribution in [2.45, 2.75) is 13.0 Å². The average molecular weight is 304 g/mol. The van der Waals surface area contributed by atoms with E-state index in [1.807, 2.05) is 43.3 Å². The molecule has 21 heavy (non-hydrogen) atoms. The molecule has 1 amide bonds. The first-order valence-corrected chi connectivity index (χ1v) is 7.20. The van der Waals surface area contributed by atoms with Crippen molar-refractivity contribution in [3.8, 4) is 11.1 Å². The molecule has 0 heterocycles. The zero-order valence-corrected chi connectivity index (χ0v) is 12.8. The van der Waals surface area contributed by atoms with Gasteiger partial charge in [-0.2, -0.15) is 0 Å². The van der Waals surface area contributed by atoms with E-state index in [1.54, 1.807) is 19.2 Å². The van der Waals surface area contributed by atoms with Crippen molar-refractivity contribution in [1.29, 1.82) is 0 Å². The Kier molecular flexibility index (Phi) is 4.99. The Labute approximate surface area is 129 Å². The Hall–Kier alpha value is -1.84. The summed E-state index contributed by atoms with van der Waals surface area (Å²) in [5.74, 6) is -0.303. The standard InChI is InChI=1S/C17H18ClNO2/c1-3-19(2)17(21)16(20)13-10-8-12(9-11-13)14-6-4-5-7-15(14)18/h4-11,16,20H,3H2,1-2H3. The minimum absolute atomic E-state index is 0.303. The molecule has 0 aliphatic carbocycles. The Bertz CT molecular complexity index is 625. The van der Waals surface area contributed by atoms with Gasteiger partial charge in [-0.05, 0) is 24.1 Å². The zero-order chi connectivity index (χ0) is 15.4. The monoisotopic (exact) mass is 303 g/mol. The van der Waals surface area contributed by atoms with Crippen molar-refractivity contribution < 1.29 is 9.90 Å². The molecule has 0 saturated heterocycles. The highest BCUT2D eigenvalue weighted by molar-refractivity contribution is 6.33. The smallest absolute Gasteiger partial charge is 0.255 e. The molecule has 0 radical (unpaired) electrons. The van der Waals surface area contributed by atoms with Crippen LogP contribution in [0.5, 0.6) is 0 Å². The lowest BCUT2D eigenvalue weighted by Gasteiger charge is -2.19. The number of likely N-dealkylation sites (N-methyl/N-ethyl adjacent to an activating group) is 1. The summed E-state index contributed by atoms with van der Waals surface area (Å²) >= 11 is 6.16. The van der Waals surface area contributed by atoms with Gasteiger partial charge in [0.05, 0.1) is 0 Å². The Morgan fingerprint density at radius 3 is 2.38 bits per heavy atom. The van der Waals surface area contributed by atoms with Crippen molar-refractivity contribution >= 4 is 17.5 Å². The third kappa shape index (κ3) is 3.43. The molecule has 1 unspecified atom stereocenters. The van der Waals surface area contributed by atoms with Gasteiger partial charge in [-0.1, -0.05) is 54.1 Å². The summed E-state index contributed by atoms with van der Waals surface area (Å²) in [5, 5.41) is 10.8. The molecule has 110 valence electrons. The minimum atomic E-state index is -1.13. The molecule has 1 N–H and O–H groups in total. The predicted octanol–water partition coefficient (Wildman–Crippen LogP) is 3.52. The number of carbonyl (C=O) groups is 1. The number of halogens is 1. The third-order valence-corrected chi connectivity index (χ3v) is 3.83. The van der Waals surface area contributed by atoms with Gasteiger partial charge >= 0.3 is 0 Å². The highest BCUT2D eigenvalue weighted by Gasteiger charge is 2.20. The van der Waals surface area contributed by atoms with Crippen LogP contribution >= 0.6 is 11.6 Å². The number of rotatable bonds is 4. The van der Waals surface area contributed by atoms with Gasteiger partial charge in [-0.3, -0.25) is 4.79 Å². The molecule has 2 rings (SSSR count). The van der Waals surface area contributed by atoms with Crippen molar-refractivity contribution in [2.75, 3.05) is 13.6 Å². The van der Waals surface area contributed by atoms with E-state index in [4.69, 9.17) is 11.6 Å². The fraction of sp³-hybridized carbons (Fsp3) is 0.235. The maximum Gasteiger partial charge on any atom is 0.255 e. The molecule has 3 nitrogen and oxygen atoms in total. The fourth-order valence-corrected chi connectivity index (χ4v) is 2.29. The van der Waals surface area contributed by atoms with Crippen LogP contribution in [0.1, 0.15) is 18.6 Å². The van der Waals surface area contributed by atoms with Crippen LogP contribution < -0.4 is 0 Å². The molecular formula is C17H18ClNO2. The number of nitrogens with zero attached hydrogens (tertiary/aromatic N) is 1. The van der Waals surface area contributed by atoms with Crippen molar-refractivity contribution in [2.24, 2.45) is 0 Å². The summed E-state index contributed by atoms with van der Waals surface area (Å²) in [5.41, 5.74) is 2.46. The molecule has 0 bridgehead atoms.